The largest absolute Gasteiger partial charge is 0.322 e. The Morgan fingerprint density at radius 1 is 1.19 bits per heavy atom. The van der Waals surface area contributed by atoms with Gasteiger partial charge in [-0.25, -0.2) is 8.42 Å². The van der Waals surface area contributed by atoms with Crippen molar-refractivity contribution in [1.82, 2.24) is 4.31 Å². The van der Waals surface area contributed by atoms with Crippen molar-refractivity contribution >= 4 is 21.6 Å². The molecule has 0 aliphatic carbocycles. The predicted molar refractivity (Wildman–Crippen MR) is 103 cm³/mol. The highest BCUT2D eigenvalue weighted by Gasteiger charge is 2.31. The quantitative estimate of drug-likeness (QED) is 0.876. The second kappa shape index (κ2) is 7.91. The third-order valence-corrected chi connectivity index (χ3v) is 6.70. The number of carbonyl (C=O) groups excluding carboxylic acids is 1. The van der Waals surface area contributed by atoms with Crippen LogP contribution in [0.1, 0.15) is 42.1 Å². The van der Waals surface area contributed by atoms with Gasteiger partial charge in [-0.1, -0.05) is 18.6 Å². The molecule has 0 unspecified atom stereocenters. The van der Waals surface area contributed by atoms with Gasteiger partial charge in [0.1, 0.15) is 0 Å². The van der Waals surface area contributed by atoms with E-state index in [-0.39, 0.29) is 16.5 Å². The molecule has 1 aliphatic heterocycles. The minimum absolute atomic E-state index is 0.0463. The molecule has 1 saturated heterocycles. The van der Waals surface area contributed by atoms with Crippen molar-refractivity contribution in [1.29, 1.82) is 5.26 Å². The molecule has 0 saturated carbocycles. The number of nitrogens with one attached hydrogen (secondary N) is 1. The van der Waals surface area contributed by atoms with E-state index in [0.29, 0.717) is 17.8 Å². The summed E-state index contributed by atoms with van der Waals surface area (Å²) in [6.07, 6.45) is 2.71. The third kappa shape index (κ3) is 4.18. The molecule has 2 aromatic rings. The number of amides is 1. The Morgan fingerprint density at radius 3 is 2.70 bits per heavy atom. The molecular formula is C20H21N3O3S. The van der Waals surface area contributed by atoms with Crippen molar-refractivity contribution in [2.45, 2.75) is 37.1 Å². The van der Waals surface area contributed by atoms with Crippen LogP contribution in [0, 0.1) is 11.3 Å². The fourth-order valence-corrected chi connectivity index (χ4v) is 4.98. The zero-order valence-electron chi connectivity index (χ0n) is 15.1. The van der Waals surface area contributed by atoms with E-state index in [0.717, 1.165) is 19.3 Å². The van der Waals surface area contributed by atoms with E-state index >= 15 is 0 Å². The topological polar surface area (TPSA) is 90.3 Å². The number of piperidine rings is 1. The highest BCUT2D eigenvalue weighted by Crippen LogP contribution is 2.25. The molecule has 0 radical (unpaired) electrons. The average molecular weight is 383 g/mol. The van der Waals surface area contributed by atoms with Crippen LogP contribution >= 0.6 is 0 Å². The molecule has 1 atom stereocenters. The van der Waals surface area contributed by atoms with Gasteiger partial charge in [0.05, 0.1) is 16.5 Å². The first kappa shape index (κ1) is 19.1. The SMILES string of the molecule is C[C@H]1CCCCN1S(=O)(=O)c1cccc(C(=O)Nc2cccc(C#N)c2)c1. The summed E-state index contributed by atoms with van der Waals surface area (Å²) in [5.74, 6) is -0.422. The van der Waals surface area contributed by atoms with Crippen molar-refractivity contribution < 1.29 is 13.2 Å². The summed E-state index contributed by atoms with van der Waals surface area (Å²) in [5.41, 5.74) is 1.17. The Bertz CT molecular complexity index is 996. The van der Waals surface area contributed by atoms with Crippen LogP contribution in [0.2, 0.25) is 0 Å². The van der Waals surface area contributed by atoms with Crippen LogP contribution in [0.5, 0.6) is 0 Å². The van der Waals surface area contributed by atoms with Crippen molar-refractivity contribution in [3.8, 4) is 6.07 Å². The molecule has 6 nitrogen and oxygen atoms in total. The Morgan fingerprint density at radius 2 is 1.96 bits per heavy atom. The van der Waals surface area contributed by atoms with Crippen LogP contribution in [-0.4, -0.2) is 31.2 Å². The average Bonchev–Trinajstić information content (AvgIpc) is 2.68. The maximum Gasteiger partial charge on any atom is 0.255 e. The fourth-order valence-electron chi connectivity index (χ4n) is 3.23. The smallest absolute Gasteiger partial charge is 0.255 e. The molecule has 1 heterocycles. The van der Waals surface area contributed by atoms with Crippen LogP contribution in [0.15, 0.2) is 53.4 Å². The molecule has 1 N–H and O–H groups in total. The lowest BCUT2D eigenvalue weighted by atomic mass is 10.1. The molecule has 0 bridgehead atoms. The number of nitrogens with zero attached hydrogens (tertiary/aromatic N) is 2. The lowest BCUT2D eigenvalue weighted by Crippen LogP contribution is -2.41. The molecule has 140 valence electrons. The fraction of sp³-hybridized carbons (Fsp3) is 0.300. The number of anilines is 1. The van der Waals surface area contributed by atoms with Gasteiger partial charge >= 0.3 is 0 Å². The van der Waals surface area contributed by atoms with Gasteiger partial charge in [0.2, 0.25) is 10.0 Å². The minimum atomic E-state index is -3.64. The summed E-state index contributed by atoms with van der Waals surface area (Å²) >= 11 is 0. The van der Waals surface area contributed by atoms with Gasteiger partial charge in [-0.15, -0.1) is 0 Å². The van der Waals surface area contributed by atoms with E-state index in [9.17, 15) is 13.2 Å². The second-order valence-electron chi connectivity index (χ2n) is 6.64. The Kier molecular flexibility index (Phi) is 5.59. The Hall–Kier alpha value is -2.69. The summed E-state index contributed by atoms with van der Waals surface area (Å²) in [7, 11) is -3.64. The summed E-state index contributed by atoms with van der Waals surface area (Å²) < 4.78 is 27.5. The predicted octanol–water partition coefficient (Wildman–Crippen LogP) is 3.37. The molecular weight excluding hydrogens is 362 g/mol. The van der Waals surface area contributed by atoms with Crippen LogP contribution < -0.4 is 5.32 Å². The van der Waals surface area contributed by atoms with Crippen molar-refractivity contribution in [3.05, 3.63) is 59.7 Å². The number of sulfonamides is 1. The van der Waals surface area contributed by atoms with E-state index in [1.807, 2.05) is 13.0 Å². The number of nitriles is 1. The van der Waals surface area contributed by atoms with E-state index in [2.05, 4.69) is 5.32 Å². The molecule has 0 spiro atoms. The molecule has 0 aromatic heterocycles. The van der Waals surface area contributed by atoms with E-state index in [4.69, 9.17) is 5.26 Å². The molecule has 1 aliphatic rings. The summed E-state index contributed by atoms with van der Waals surface area (Å²) in [6, 6.07) is 14.6. The van der Waals surface area contributed by atoms with E-state index in [1.165, 1.54) is 16.4 Å². The first-order valence-corrected chi connectivity index (χ1v) is 10.3. The lowest BCUT2D eigenvalue weighted by Gasteiger charge is -2.32. The summed E-state index contributed by atoms with van der Waals surface area (Å²) in [4.78, 5) is 12.7. The standard InChI is InChI=1S/C20H21N3O3S/c1-15-6-2-3-11-23(15)27(25,26)19-10-5-8-17(13-19)20(24)22-18-9-4-7-16(12-18)14-21/h4-5,7-10,12-13,15H,2-3,6,11H2,1H3,(H,22,24)/t15-/m0/s1. The number of benzene rings is 2. The van der Waals surface area contributed by atoms with Gasteiger partial charge in [-0.05, 0) is 56.2 Å². The lowest BCUT2D eigenvalue weighted by molar-refractivity contribution is 0.102. The van der Waals surface area contributed by atoms with E-state index in [1.54, 1.807) is 36.4 Å². The first-order chi connectivity index (χ1) is 12.9. The Balaban J connectivity index is 1.84. The monoisotopic (exact) mass is 383 g/mol. The first-order valence-electron chi connectivity index (χ1n) is 8.85. The molecule has 7 heteroatoms. The van der Waals surface area contributed by atoms with Crippen molar-refractivity contribution in [2.75, 3.05) is 11.9 Å². The summed E-state index contributed by atoms with van der Waals surface area (Å²) in [6.45, 7) is 2.41. The van der Waals surface area contributed by atoms with Gasteiger partial charge in [0.15, 0.2) is 0 Å². The number of hydrogen-bond donors (Lipinski definition) is 1. The molecule has 27 heavy (non-hydrogen) atoms. The number of hydrogen-bond acceptors (Lipinski definition) is 4. The minimum Gasteiger partial charge on any atom is -0.322 e. The molecule has 2 aromatic carbocycles. The molecule has 3 rings (SSSR count). The van der Waals surface area contributed by atoms with Crippen LogP contribution in [0.3, 0.4) is 0 Å². The molecule has 1 amide bonds. The molecule has 1 fully saturated rings. The van der Waals surface area contributed by atoms with Crippen LogP contribution in [-0.2, 0) is 10.0 Å². The van der Waals surface area contributed by atoms with Gasteiger partial charge in [0, 0.05) is 23.8 Å². The zero-order chi connectivity index (χ0) is 19.4. The van der Waals surface area contributed by atoms with Gasteiger partial charge in [-0.2, -0.15) is 9.57 Å². The van der Waals surface area contributed by atoms with E-state index < -0.39 is 15.9 Å². The third-order valence-electron chi connectivity index (χ3n) is 4.69. The normalized spacial score (nSPS) is 17.9. The van der Waals surface area contributed by atoms with Gasteiger partial charge < -0.3 is 5.32 Å². The summed E-state index contributed by atoms with van der Waals surface area (Å²) in [5, 5.41) is 11.7. The maximum absolute atomic E-state index is 13.0. The maximum atomic E-state index is 13.0. The number of rotatable bonds is 4. The van der Waals surface area contributed by atoms with Gasteiger partial charge in [-0.3, -0.25) is 4.79 Å². The second-order valence-corrected chi connectivity index (χ2v) is 8.53. The van der Waals surface area contributed by atoms with Crippen LogP contribution in [0.4, 0.5) is 5.69 Å². The highest BCUT2D eigenvalue weighted by molar-refractivity contribution is 7.89. The Labute approximate surface area is 159 Å². The van der Waals surface area contributed by atoms with Crippen molar-refractivity contribution in [3.63, 3.8) is 0 Å². The van der Waals surface area contributed by atoms with Crippen molar-refractivity contribution in [2.24, 2.45) is 0 Å². The van der Waals surface area contributed by atoms with Crippen LogP contribution in [0.25, 0.3) is 0 Å². The highest BCUT2D eigenvalue weighted by atomic mass is 32.2. The van der Waals surface area contributed by atoms with Gasteiger partial charge in [0.25, 0.3) is 5.91 Å². The number of carbonyl (C=O) groups is 1. The zero-order valence-corrected chi connectivity index (χ0v) is 15.9.